The summed E-state index contributed by atoms with van der Waals surface area (Å²) < 4.78 is 27.9. The number of fused-ring (bicyclic) bond motifs is 1. The minimum Gasteiger partial charge on any atom is -0.331 e. The Morgan fingerprint density at radius 3 is 2.35 bits per heavy atom. The molecule has 0 bridgehead atoms. The molecule has 2 aromatic rings. The van der Waals surface area contributed by atoms with Gasteiger partial charge in [-0.25, -0.2) is 8.78 Å². The smallest absolute Gasteiger partial charge is 0.182 e. The monoisotopic (exact) mass is 288 g/mol. The van der Waals surface area contributed by atoms with Crippen molar-refractivity contribution in [3.8, 4) is 0 Å². The zero-order chi connectivity index (χ0) is 14.3. The molecule has 0 spiro atoms. The third-order valence-corrected chi connectivity index (χ3v) is 3.40. The van der Waals surface area contributed by atoms with E-state index >= 15 is 0 Å². The predicted octanol–water partition coefficient (Wildman–Crippen LogP) is 4.15. The van der Waals surface area contributed by atoms with Crippen LogP contribution in [0.5, 0.6) is 0 Å². The molecule has 3 rings (SSSR count). The number of thiocarbonyl (C=S) groups is 1. The number of nitrogens with zero attached hydrogens (tertiary/aromatic N) is 1. The lowest BCUT2D eigenvalue weighted by atomic mass is 10.1. The molecule has 0 fully saturated rings. The number of nitrogens with one attached hydrogen (secondary N) is 1. The number of rotatable bonds is 1. The van der Waals surface area contributed by atoms with E-state index in [2.05, 4.69) is 11.9 Å². The van der Waals surface area contributed by atoms with Crippen molar-refractivity contribution in [2.75, 3.05) is 10.2 Å². The molecule has 2 nitrogen and oxygen atoms in total. The van der Waals surface area contributed by atoms with Crippen molar-refractivity contribution in [1.29, 1.82) is 0 Å². The predicted molar refractivity (Wildman–Crippen MR) is 80.5 cm³/mol. The summed E-state index contributed by atoms with van der Waals surface area (Å²) in [6.07, 6.45) is 0. The first-order chi connectivity index (χ1) is 9.59. The summed E-state index contributed by atoms with van der Waals surface area (Å²) in [7, 11) is 0. The van der Waals surface area contributed by atoms with Gasteiger partial charge in [-0.3, -0.25) is 4.90 Å². The van der Waals surface area contributed by atoms with E-state index in [9.17, 15) is 8.78 Å². The van der Waals surface area contributed by atoms with Gasteiger partial charge in [0.1, 0.15) is 17.3 Å². The van der Waals surface area contributed by atoms with Gasteiger partial charge in [0.15, 0.2) is 5.11 Å². The summed E-state index contributed by atoms with van der Waals surface area (Å²) in [4.78, 5) is 1.28. The van der Waals surface area contributed by atoms with Gasteiger partial charge >= 0.3 is 0 Å². The maximum Gasteiger partial charge on any atom is 0.182 e. The first kappa shape index (κ1) is 12.7. The molecule has 20 heavy (non-hydrogen) atoms. The zero-order valence-electron chi connectivity index (χ0n) is 10.4. The van der Waals surface area contributed by atoms with Gasteiger partial charge in [-0.15, -0.1) is 0 Å². The molecule has 0 atom stereocenters. The van der Waals surface area contributed by atoms with E-state index in [1.807, 2.05) is 24.3 Å². The Kier molecular flexibility index (Phi) is 2.99. The van der Waals surface area contributed by atoms with Gasteiger partial charge in [-0.05, 0) is 30.4 Å². The minimum atomic E-state index is -0.685. The van der Waals surface area contributed by atoms with Crippen molar-refractivity contribution in [3.05, 3.63) is 66.2 Å². The fourth-order valence-electron chi connectivity index (χ4n) is 2.20. The summed E-state index contributed by atoms with van der Waals surface area (Å²) in [5, 5.41) is 3.15. The fraction of sp³-hybridized carbons (Fsp3) is 0. The Morgan fingerprint density at radius 1 is 1.00 bits per heavy atom. The van der Waals surface area contributed by atoms with Gasteiger partial charge in [-0.2, -0.15) is 0 Å². The number of hydrogen-bond donors (Lipinski definition) is 1. The van der Waals surface area contributed by atoms with Gasteiger partial charge < -0.3 is 5.32 Å². The van der Waals surface area contributed by atoms with Crippen molar-refractivity contribution in [3.63, 3.8) is 0 Å². The Bertz CT molecular complexity index is 707. The first-order valence-corrected chi connectivity index (χ1v) is 6.34. The minimum absolute atomic E-state index is 0.192. The van der Waals surface area contributed by atoms with Gasteiger partial charge in [0.25, 0.3) is 0 Å². The highest BCUT2D eigenvalue weighted by atomic mass is 32.1. The molecule has 0 radical (unpaired) electrons. The maximum absolute atomic E-state index is 13.9. The van der Waals surface area contributed by atoms with E-state index < -0.39 is 11.6 Å². The maximum atomic E-state index is 13.9. The molecule has 0 aromatic heterocycles. The van der Waals surface area contributed by atoms with Crippen molar-refractivity contribution in [2.45, 2.75) is 0 Å². The lowest BCUT2D eigenvalue weighted by molar-refractivity contribution is 0.587. The number of para-hydroxylation sites is 2. The van der Waals surface area contributed by atoms with Crippen LogP contribution in [0.1, 0.15) is 5.56 Å². The van der Waals surface area contributed by atoms with Crippen molar-refractivity contribution in [2.24, 2.45) is 0 Å². The Morgan fingerprint density at radius 2 is 1.65 bits per heavy atom. The van der Waals surface area contributed by atoms with Crippen LogP contribution in [0.3, 0.4) is 0 Å². The Hall–Kier alpha value is -2.27. The third-order valence-electron chi connectivity index (χ3n) is 3.11. The molecule has 5 heteroatoms. The quantitative estimate of drug-likeness (QED) is 0.793. The van der Waals surface area contributed by atoms with Gasteiger partial charge in [0, 0.05) is 11.3 Å². The van der Waals surface area contributed by atoms with Crippen LogP contribution in [-0.2, 0) is 0 Å². The number of anilines is 2. The number of hydrogen-bond acceptors (Lipinski definition) is 1. The van der Waals surface area contributed by atoms with E-state index in [1.165, 1.54) is 23.1 Å². The molecule has 2 aromatic carbocycles. The van der Waals surface area contributed by atoms with Crippen LogP contribution in [0.15, 0.2) is 49.0 Å². The second-order valence-electron chi connectivity index (χ2n) is 4.33. The molecular weight excluding hydrogens is 278 g/mol. The van der Waals surface area contributed by atoms with Gasteiger partial charge in [0.2, 0.25) is 0 Å². The second kappa shape index (κ2) is 4.68. The normalized spacial score (nSPS) is 14.0. The van der Waals surface area contributed by atoms with Crippen molar-refractivity contribution < 1.29 is 8.78 Å². The highest BCUT2D eigenvalue weighted by molar-refractivity contribution is 7.80. The average molecular weight is 288 g/mol. The molecule has 0 aliphatic carbocycles. The van der Waals surface area contributed by atoms with Crippen LogP contribution in [-0.4, -0.2) is 5.11 Å². The molecule has 0 saturated carbocycles. The van der Waals surface area contributed by atoms with Crippen LogP contribution in [0, 0.1) is 11.6 Å². The zero-order valence-corrected chi connectivity index (χ0v) is 11.2. The summed E-state index contributed by atoms with van der Waals surface area (Å²) in [5.41, 5.74) is 1.75. The van der Waals surface area contributed by atoms with Crippen LogP contribution in [0.4, 0.5) is 20.2 Å². The average Bonchev–Trinajstić information content (AvgIpc) is 2.42. The Balaban J connectivity index is 2.17. The third kappa shape index (κ3) is 1.87. The highest BCUT2D eigenvalue weighted by Gasteiger charge is 2.28. The SMILES string of the molecule is C=C1c2ccccc2NC(=S)N1c1c(F)cccc1F. The Labute approximate surface area is 120 Å². The van der Waals surface area contributed by atoms with E-state index in [0.717, 1.165) is 11.3 Å². The second-order valence-corrected chi connectivity index (χ2v) is 4.71. The number of benzene rings is 2. The molecule has 0 saturated heterocycles. The topological polar surface area (TPSA) is 15.3 Å². The molecule has 1 N–H and O–H groups in total. The highest BCUT2D eigenvalue weighted by Crippen LogP contribution is 2.36. The van der Waals surface area contributed by atoms with Gasteiger partial charge in [-0.1, -0.05) is 30.8 Å². The van der Waals surface area contributed by atoms with Crippen LogP contribution < -0.4 is 10.2 Å². The standard InChI is InChI=1S/C15H10F2N2S/c1-9-10-5-2-3-8-13(10)18-15(20)19(9)14-11(16)6-4-7-12(14)17/h2-8H,1H2,(H,18,20). The van der Waals surface area contributed by atoms with Gasteiger partial charge in [0.05, 0.1) is 5.70 Å². The molecule has 100 valence electrons. The molecule has 0 amide bonds. The summed E-state index contributed by atoms with van der Waals surface area (Å²) >= 11 is 5.20. The van der Waals surface area contributed by atoms with Crippen LogP contribution >= 0.6 is 12.2 Å². The summed E-state index contributed by atoms with van der Waals surface area (Å²) in [5.74, 6) is -1.37. The summed E-state index contributed by atoms with van der Waals surface area (Å²) in [6.45, 7) is 3.91. The number of halogens is 2. The summed E-state index contributed by atoms with van der Waals surface area (Å²) in [6, 6.07) is 11.0. The lowest BCUT2D eigenvalue weighted by Crippen LogP contribution is -2.38. The van der Waals surface area contributed by atoms with Crippen LogP contribution in [0.25, 0.3) is 5.70 Å². The van der Waals surface area contributed by atoms with E-state index in [0.29, 0.717) is 5.70 Å². The first-order valence-electron chi connectivity index (χ1n) is 5.93. The van der Waals surface area contributed by atoms with E-state index in [-0.39, 0.29) is 10.8 Å². The van der Waals surface area contributed by atoms with Crippen molar-refractivity contribution >= 4 is 34.4 Å². The molecule has 1 aliphatic heterocycles. The fourth-order valence-corrected chi connectivity index (χ4v) is 2.51. The molecule has 0 unspecified atom stereocenters. The van der Waals surface area contributed by atoms with Crippen molar-refractivity contribution in [1.82, 2.24) is 0 Å². The van der Waals surface area contributed by atoms with Crippen LogP contribution in [0.2, 0.25) is 0 Å². The lowest BCUT2D eigenvalue weighted by Gasteiger charge is -2.33. The largest absolute Gasteiger partial charge is 0.331 e. The van der Waals surface area contributed by atoms with E-state index in [1.54, 1.807) is 0 Å². The molecule has 1 heterocycles. The molecule has 1 aliphatic rings. The molecular formula is C15H10F2N2S. The van der Waals surface area contributed by atoms with E-state index in [4.69, 9.17) is 12.2 Å².